The average Bonchev–Trinajstić information content (AvgIpc) is 3.33. The third-order valence-corrected chi connectivity index (χ3v) is 5.96. The van der Waals surface area contributed by atoms with Crippen molar-refractivity contribution in [1.82, 2.24) is 14.6 Å². The number of aromatic nitrogens is 3. The Morgan fingerprint density at radius 1 is 1.15 bits per heavy atom. The van der Waals surface area contributed by atoms with Gasteiger partial charge in [0.1, 0.15) is 5.75 Å². The number of esters is 1. The predicted octanol–water partition coefficient (Wildman–Crippen LogP) is 3.72. The molecule has 8 nitrogen and oxygen atoms in total. The quantitative estimate of drug-likeness (QED) is 0.281. The Kier molecular flexibility index (Phi) is 6.93. The molecule has 2 aromatic carbocycles. The smallest absolute Gasteiger partial charge is 0.308 e. The maximum Gasteiger partial charge on any atom is 0.308 e. The van der Waals surface area contributed by atoms with Crippen LogP contribution in [0.4, 0.5) is 0 Å². The van der Waals surface area contributed by atoms with Gasteiger partial charge in [-0.25, -0.2) is 0 Å². The van der Waals surface area contributed by atoms with Gasteiger partial charge in [-0.05, 0) is 48.2 Å². The van der Waals surface area contributed by atoms with E-state index in [1.165, 1.54) is 22.8 Å². The number of para-hydroxylation sites is 1. The molecule has 0 aliphatic heterocycles. The molecular formula is C25H25N3O5S. The molecule has 34 heavy (non-hydrogen) atoms. The molecule has 0 unspecified atom stereocenters. The summed E-state index contributed by atoms with van der Waals surface area (Å²) in [5, 5.41) is 4.36. The average molecular weight is 480 g/mol. The normalized spacial score (nSPS) is 11.9. The Labute approximate surface area is 200 Å². The molecule has 0 bridgehead atoms. The predicted molar refractivity (Wildman–Crippen MR) is 131 cm³/mol. The van der Waals surface area contributed by atoms with E-state index in [2.05, 4.69) is 23.9 Å². The summed E-state index contributed by atoms with van der Waals surface area (Å²) in [6.45, 7) is 6.23. The molecule has 0 aliphatic rings. The molecule has 4 rings (SSSR count). The van der Waals surface area contributed by atoms with Gasteiger partial charge in [0.2, 0.25) is 4.96 Å². The van der Waals surface area contributed by atoms with Crippen molar-refractivity contribution in [3.05, 3.63) is 62.9 Å². The number of nitrogens with zero attached hydrogens (tertiary/aromatic N) is 3. The van der Waals surface area contributed by atoms with Crippen LogP contribution in [0.2, 0.25) is 0 Å². The highest BCUT2D eigenvalue weighted by Crippen LogP contribution is 2.29. The van der Waals surface area contributed by atoms with E-state index < -0.39 is 5.97 Å². The minimum absolute atomic E-state index is 0.278. The Bertz CT molecular complexity index is 1440. The van der Waals surface area contributed by atoms with E-state index >= 15 is 0 Å². The van der Waals surface area contributed by atoms with Gasteiger partial charge in [-0.1, -0.05) is 43.4 Å². The second-order valence-corrected chi connectivity index (χ2v) is 9.09. The molecular weight excluding hydrogens is 454 g/mol. The van der Waals surface area contributed by atoms with Crippen LogP contribution < -0.4 is 24.3 Å². The van der Waals surface area contributed by atoms with Crippen molar-refractivity contribution in [2.24, 2.45) is 5.92 Å². The summed E-state index contributed by atoms with van der Waals surface area (Å²) in [6.07, 6.45) is 2.72. The summed E-state index contributed by atoms with van der Waals surface area (Å²) in [5.41, 5.74) is 1.06. The highest BCUT2D eigenvalue weighted by Gasteiger charge is 2.16. The topological polar surface area (TPSA) is 92.0 Å². The fraction of sp³-hybridized carbons (Fsp3) is 0.280. The number of carbonyl (C=O) groups is 1. The lowest BCUT2D eigenvalue weighted by molar-refractivity contribution is -0.131. The number of benzene rings is 2. The van der Waals surface area contributed by atoms with Crippen LogP contribution in [-0.2, 0) is 4.79 Å². The number of thiazole rings is 1. The highest BCUT2D eigenvalue weighted by atomic mass is 32.1. The zero-order chi connectivity index (χ0) is 24.2. The Morgan fingerprint density at radius 3 is 2.65 bits per heavy atom. The van der Waals surface area contributed by atoms with Crippen molar-refractivity contribution in [2.75, 3.05) is 13.7 Å². The number of ether oxygens (including phenoxy) is 3. The van der Waals surface area contributed by atoms with Crippen LogP contribution in [0.15, 0.2) is 47.3 Å². The van der Waals surface area contributed by atoms with Crippen molar-refractivity contribution >= 4 is 28.3 Å². The first-order valence-electron chi connectivity index (χ1n) is 10.9. The third-order valence-electron chi connectivity index (χ3n) is 5.00. The Hall–Kier alpha value is -3.72. The lowest BCUT2D eigenvalue weighted by Gasteiger charge is -2.12. The van der Waals surface area contributed by atoms with Crippen LogP contribution in [0.5, 0.6) is 17.2 Å². The first-order valence-corrected chi connectivity index (χ1v) is 11.7. The number of fused-ring (bicyclic) bond motifs is 1. The summed E-state index contributed by atoms with van der Waals surface area (Å²) in [5.74, 6) is 2.04. The summed E-state index contributed by atoms with van der Waals surface area (Å²) < 4.78 is 18.3. The molecule has 0 aliphatic carbocycles. The molecule has 9 heteroatoms. The monoisotopic (exact) mass is 479 g/mol. The van der Waals surface area contributed by atoms with Crippen LogP contribution in [0, 0.1) is 5.92 Å². The van der Waals surface area contributed by atoms with Gasteiger partial charge in [-0.3, -0.25) is 9.59 Å². The molecule has 0 fully saturated rings. The van der Waals surface area contributed by atoms with Crippen LogP contribution in [0.3, 0.4) is 0 Å². The summed E-state index contributed by atoms with van der Waals surface area (Å²) in [6, 6.07) is 12.5. The van der Waals surface area contributed by atoms with Gasteiger partial charge in [0.05, 0.1) is 23.8 Å². The maximum atomic E-state index is 13.0. The fourth-order valence-electron chi connectivity index (χ4n) is 3.29. The van der Waals surface area contributed by atoms with Gasteiger partial charge in [0.25, 0.3) is 5.56 Å². The van der Waals surface area contributed by atoms with Crippen LogP contribution in [0.1, 0.15) is 32.8 Å². The van der Waals surface area contributed by atoms with Crippen LogP contribution in [0.25, 0.3) is 22.4 Å². The molecule has 0 atom stereocenters. The van der Waals surface area contributed by atoms with Crippen molar-refractivity contribution < 1.29 is 19.0 Å². The molecule has 2 heterocycles. The summed E-state index contributed by atoms with van der Waals surface area (Å²) >= 11 is 1.23. The number of hydrogen-bond acceptors (Lipinski definition) is 8. The molecule has 0 saturated carbocycles. The largest absolute Gasteiger partial charge is 0.493 e. The molecule has 0 radical (unpaired) electrons. The number of hydrogen-bond donors (Lipinski definition) is 0. The fourth-order valence-corrected chi connectivity index (χ4v) is 4.20. The zero-order valence-electron chi connectivity index (χ0n) is 19.4. The summed E-state index contributed by atoms with van der Waals surface area (Å²) in [4.78, 5) is 29.3. The van der Waals surface area contributed by atoms with E-state index in [0.717, 1.165) is 12.0 Å². The SMILES string of the molecule is COc1cc(C=c2sc3nc(-c4ccccc4OC(C)=O)nn3c2=O)ccc1OCCC(C)C. The van der Waals surface area contributed by atoms with Gasteiger partial charge in [0, 0.05) is 6.92 Å². The van der Waals surface area contributed by atoms with Gasteiger partial charge in [0.15, 0.2) is 17.3 Å². The van der Waals surface area contributed by atoms with Crippen molar-refractivity contribution in [1.29, 1.82) is 0 Å². The number of methoxy groups -OCH3 is 1. The lowest BCUT2D eigenvalue weighted by Crippen LogP contribution is -2.23. The third kappa shape index (κ3) is 5.09. The second-order valence-electron chi connectivity index (χ2n) is 8.08. The standard InChI is InChI=1S/C25H25N3O5S/c1-15(2)11-12-32-20-10-9-17(13-21(20)31-4)14-22-24(30)28-25(34-22)26-23(27-28)18-7-5-6-8-19(18)33-16(3)29/h5-10,13-15H,11-12H2,1-4H3. The van der Waals surface area contributed by atoms with Crippen molar-refractivity contribution in [2.45, 2.75) is 27.2 Å². The van der Waals surface area contributed by atoms with Gasteiger partial charge in [-0.15, -0.1) is 5.10 Å². The first kappa shape index (κ1) is 23.4. The van der Waals surface area contributed by atoms with E-state index in [0.29, 0.717) is 50.7 Å². The molecule has 0 N–H and O–H groups in total. The van der Waals surface area contributed by atoms with Gasteiger partial charge >= 0.3 is 5.97 Å². The van der Waals surface area contributed by atoms with Crippen molar-refractivity contribution in [3.8, 4) is 28.6 Å². The van der Waals surface area contributed by atoms with E-state index in [1.807, 2.05) is 18.2 Å². The summed E-state index contributed by atoms with van der Waals surface area (Å²) in [7, 11) is 1.59. The van der Waals surface area contributed by atoms with Crippen LogP contribution >= 0.6 is 11.3 Å². The van der Waals surface area contributed by atoms with E-state index in [9.17, 15) is 9.59 Å². The first-order chi connectivity index (χ1) is 16.4. The minimum Gasteiger partial charge on any atom is -0.493 e. The molecule has 4 aromatic rings. The van der Waals surface area contributed by atoms with E-state index in [1.54, 1.807) is 37.5 Å². The van der Waals surface area contributed by atoms with E-state index in [4.69, 9.17) is 14.2 Å². The lowest BCUT2D eigenvalue weighted by atomic mass is 10.1. The minimum atomic E-state index is -0.443. The molecule has 0 saturated heterocycles. The highest BCUT2D eigenvalue weighted by molar-refractivity contribution is 7.15. The van der Waals surface area contributed by atoms with Crippen LogP contribution in [-0.4, -0.2) is 34.3 Å². The van der Waals surface area contributed by atoms with Gasteiger partial charge < -0.3 is 14.2 Å². The number of carbonyl (C=O) groups excluding carboxylic acids is 1. The molecule has 0 amide bonds. The molecule has 176 valence electrons. The number of rotatable bonds is 8. The maximum absolute atomic E-state index is 13.0. The van der Waals surface area contributed by atoms with Gasteiger partial charge in [-0.2, -0.15) is 9.50 Å². The Morgan fingerprint density at radius 2 is 1.94 bits per heavy atom. The molecule has 2 aromatic heterocycles. The molecule has 0 spiro atoms. The second kappa shape index (κ2) is 10.0. The Balaban J connectivity index is 1.65. The van der Waals surface area contributed by atoms with E-state index in [-0.39, 0.29) is 5.56 Å². The zero-order valence-corrected chi connectivity index (χ0v) is 20.2. The van der Waals surface area contributed by atoms with Crippen molar-refractivity contribution in [3.63, 3.8) is 0 Å².